The van der Waals surface area contributed by atoms with Gasteiger partial charge in [0.1, 0.15) is 17.5 Å². The maximum absolute atomic E-state index is 12.3. The lowest BCUT2D eigenvalue weighted by molar-refractivity contribution is -0.114. The molecule has 98 valence electrons. The number of fused-ring (bicyclic) bond motifs is 2. The molecule has 0 fully saturated rings. The van der Waals surface area contributed by atoms with E-state index in [4.69, 9.17) is 0 Å². The molecule has 1 aromatic rings. The van der Waals surface area contributed by atoms with Crippen molar-refractivity contribution in [1.82, 2.24) is 0 Å². The Balaban J connectivity index is 2.40. The van der Waals surface area contributed by atoms with Gasteiger partial charge in [-0.05, 0) is 12.1 Å². The maximum Gasteiger partial charge on any atom is 0.194 e. The second-order valence-electron chi connectivity index (χ2n) is 4.54. The van der Waals surface area contributed by atoms with Gasteiger partial charge in [0, 0.05) is 23.1 Å². The lowest BCUT2D eigenvalue weighted by Crippen LogP contribution is -2.24. The van der Waals surface area contributed by atoms with Crippen molar-refractivity contribution >= 4 is 23.3 Å². The number of aromatic hydroxyl groups is 1. The highest BCUT2D eigenvalue weighted by atomic mass is 16.3. The van der Waals surface area contributed by atoms with E-state index in [1.54, 1.807) is 5.94 Å². The van der Waals surface area contributed by atoms with Crippen LogP contribution in [0.15, 0.2) is 41.0 Å². The summed E-state index contributed by atoms with van der Waals surface area (Å²) >= 11 is 0. The minimum absolute atomic E-state index is 0.0322. The molecule has 0 atom stereocenters. The number of allylic oxidation sites excluding steroid dienone is 4. The number of ketones is 2. The van der Waals surface area contributed by atoms with Gasteiger partial charge in [-0.3, -0.25) is 9.59 Å². The van der Waals surface area contributed by atoms with Crippen molar-refractivity contribution in [2.45, 2.75) is 6.42 Å². The van der Waals surface area contributed by atoms with Crippen LogP contribution in [0, 0.1) is 0 Å². The van der Waals surface area contributed by atoms with Crippen LogP contribution in [0.4, 0.5) is 0 Å². The van der Waals surface area contributed by atoms with Gasteiger partial charge >= 0.3 is 0 Å². The van der Waals surface area contributed by atoms with Gasteiger partial charge in [-0.1, -0.05) is 12.1 Å². The quantitative estimate of drug-likeness (QED) is 0.696. The molecule has 0 amide bonds. The van der Waals surface area contributed by atoms with Gasteiger partial charge in [0.05, 0.1) is 11.1 Å². The van der Waals surface area contributed by atoms with E-state index in [-0.39, 0.29) is 40.0 Å². The van der Waals surface area contributed by atoms with Crippen LogP contribution in [0.2, 0.25) is 0 Å². The summed E-state index contributed by atoms with van der Waals surface area (Å²) in [5, 5.41) is 20.0. The number of carbonyl (C=O) groups excluding carboxylic acids is 3. The average molecular weight is 268 g/mol. The average Bonchev–Trinajstić information content (AvgIpc) is 2.43. The fourth-order valence-corrected chi connectivity index (χ4v) is 2.46. The molecular formula is C15H8O5. The van der Waals surface area contributed by atoms with Crippen LogP contribution in [-0.2, 0) is 9.59 Å². The summed E-state index contributed by atoms with van der Waals surface area (Å²) in [4.78, 5) is 35.0. The first kappa shape index (κ1) is 12.1. The molecule has 2 aliphatic rings. The minimum Gasteiger partial charge on any atom is -0.507 e. The molecule has 0 unspecified atom stereocenters. The zero-order valence-corrected chi connectivity index (χ0v) is 10.1. The summed E-state index contributed by atoms with van der Waals surface area (Å²) < 4.78 is 0. The Hall–Kier alpha value is -2.91. The standard InChI is InChI=1S/C15H8O5/c16-6-7-4-9-13(11(18)5-7)15(20)12-8(14(9)19)2-1-3-10(12)17/h1-4,17,20H,5H2. The number of phenols is 1. The summed E-state index contributed by atoms with van der Waals surface area (Å²) in [5.41, 5.74) is -0.0642. The third-order valence-corrected chi connectivity index (χ3v) is 3.35. The van der Waals surface area contributed by atoms with E-state index in [0.717, 1.165) is 0 Å². The van der Waals surface area contributed by atoms with Gasteiger partial charge in [0.15, 0.2) is 11.6 Å². The van der Waals surface area contributed by atoms with Crippen molar-refractivity contribution in [3.63, 3.8) is 0 Å². The molecular weight excluding hydrogens is 260 g/mol. The van der Waals surface area contributed by atoms with Crippen LogP contribution in [0.5, 0.6) is 5.75 Å². The highest BCUT2D eigenvalue weighted by Gasteiger charge is 2.37. The van der Waals surface area contributed by atoms with Crippen LogP contribution in [0.25, 0.3) is 5.76 Å². The predicted molar refractivity (Wildman–Crippen MR) is 68.9 cm³/mol. The second kappa shape index (κ2) is 4.05. The second-order valence-corrected chi connectivity index (χ2v) is 4.54. The SMILES string of the molecule is O=C=C1C=C2C(=O)c3cccc(O)c3C(O)=C2C(=O)C1. The molecule has 5 nitrogen and oxygen atoms in total. The zero-order chi connectivity index (χ0) is 14.4. The summed E-state index contributed by atoms with van der Waals surface area (Å²) in [7, 11) is 0. The molecule has 20 heavy (non-hydrogen) atoms. The van der Waals surface area contributed by atoms with E-state index in [1.165, 1.54) is 24.3 Å². The van der Waals surface area contributed by atoms with Gasteiger partial charge in [0.25, 0.3) is 0 Å². The molecule has 2 N–H and O–H groups in total. The molecule has 3 rings (SSSR count). The lowest BCUT2D eigenvalue weighted by Gasteiger charge is -2.23. The highest BCUT2D eigenvalue weighted by molar-refractivity contribution is 6.27. The van der Waals surface area contributed by atoms with E-state index in [2.05, 4.69) is 0 Å². The van der Waals surface area contributed by atoms with E-state index in [9.17, 15) is 24.6 Å². The van der Waals surface area contributed by atoms with Crippen molar-refractivity contribution < 1.29 is 24.6 Å². The third kappa shape index (κ3) is 1.47. The number of hydrogen-bond donors (Lipinski definition) is 2. The highest BCUT2D eigenvalue weighted by Crippen LogP contribution is 2.40. The van der Waals surface area contributed by atoms with Crippen molar-refractivity contribution in [2.24, 2.45) is 0 Å². The monoisotopic (exact) mass is 268 g/mol. The largest absolute Gasteiger partial charge is 0.507 e. The summed E-state index contributed by atoms with van der Waals surface area (Å²) in [6, 6.07) is 4.22. The molecule has 0 aromatic heterocycles. The van der Waals surface area contributed by atoms with E-state index in [1.807, 2.05) is 0 Å². The fraction of sp³-hybridized carbons (Fsp3) is 0.0667. The van der Waals surface area contributed by atoms with Crippen molar-refractivity contribution in [3.8, 4) is 5.75 Å². The molecule has 0 saturated heterocycles. The number of Topliss-reactive ketones (excluding diaryl/α,β-unsaturated/α-hetero) is 2. The van der Waals surface area contributed by atoms with Gasteiger partial charge in [-0.25, -0.2) is 4.79 Å². The van der Waals surface area contributed by atoms with Gasteiger partial charge < -0.3 is 10.2 Å². The Morgan fingerprint density at radius 1 is 1.15 bits per heavy atom. The number of carbonyl (C=O) groups is 2. The normalized spacial score (nSPS) is 17.4. The van der Waals surface area contributed by atoms with E-state index < -0.39 is 17.3 Å². The summed E-state index contributed by atoms with van der Waals surface area (Å²) in [6.45, 7) is 0. The molecule has 5 heteroatoms. The number of hydrogen-bond acceptors (Lipinski definition) is 5. The smallest absolute Gasteiger partial charge is 0.194 e. The molecule has 0 radical (unpaired) electrons. The Morgan fingerprint density at radius 2 is 1.90 bits per heavy atom. The lowest BCUT2D eigenvalue weighted by atomic mass is 9.78. The third-order valence-electron chi connectivity index (χ3n) is 3.35. The van der Waals surface area contributed by atoms with Crippen molar-refractivity contribution in [3.05, 3.63) is 52.1 Å². The van der Waals surface area contributed by atoms with Gasteiger partial charge in [-0.2, -0.15) is 0 Å². The first-order valence-corrected chi connectivity index (χ1v) is 5.84. The molecule has 0 spiro atoms. The molecule has 0 aliphatic heterocycles. The first-order valence-electron chi connectivity index (χ1n) is 5.84. The van der Waals surface area contributed by atoms with E-state index in [0.29, 0.717) is 0 Å². The number of phenolic OH excluding ortho intramolecular Hbond substituents is 1. The Morgan fingerprint density at radius 3 is 2.60 bits per heavy atom. The summed E-state index contributed by atoms with van der Waals surface area (Å²) in [5.74, 6) is -0.154. The van der Waals surface area contributed by atoms with Crippen molar-refractivity contribution in [1.29, 1.82) is 0 Å². The van der Waals surface area contributed by atoms with Crippen molar-refractivity contribution in [2.75, 3.05) is 0 Å². The number of benzene rings is 1. The molecule has 2 aliphatic carbocycles. The first-order chi connectivity index (χ1) is 9.54. The fourth-order valence-electron chi connectivity index (χ4n) is 2.46. The number of rotatable bonds is 0. The topological polar surface area (TPSA) is 91.7 Å². The van der Waals surface area contributed by atoms with Gasteiger partial charge in [-0.15, -0.1) is 0 Å². The Bertz CT molecular complexity index is 788. The predicted octanol–water partition coefficient (Wildman–Crippen LogP) is 1.51. The Kier molecular flexibility index (Phi) is 2.46. The maximum atomic E-state index is 12.3. The summed E-state index contributed by atoms with van der Waals surface area (Å²) in [6.07, 6.45) is 1.04. The molecule has 1 aromatic carbocycles. The number of aliphatic hydroxyl groups is 1. The zero-order valence-electron chi connectivity index (χ0n) is 10.1. The number of aliphatic hydroxyl groups excluding tert-OH is 1. The molecule has 0 heterocycles. The van der Waals surface area contributed by atoms with E-state index >= 15 is 0 Å². The van der Waals surface area contributed by atoms with Crippen LogP contribution < -0.4 is 0 Å². The van der Waals surface area contributed by atoms with Crippen LogP contribution in [-0.4, -0.2) is 27.7 Å². The van der Waals surface area contributed by atoms with Crippen LogP contribution in [0.3, 0.4) is 0 Å². The van der Waals surface area contributed by atoms with Crippen LogP contribution in [0.1, 0.15) is 22.3 Å². The van der Waals surface area contributed by atoms with Crippen LogP contribution >= 0.6 is 0 Å². The Labute approximate surface area is 113 Å². The minimum atomic E-state index is -0.541. The van der Waals surface area contributed by atoms with Gasteiger partial charge in [0.2, 0.25) is 0 Å². The molecule has 0 saturated carbocycles. The molecule has 0 bridgehead atoms.